The molecule has 0 radical (unpaired) electrons. The van der Waals surface area contributed by atoms with Gasteiger partial charge < -0.3 is 29.0 Å². The lowest BCUT2D eigenvalue weighted by atomic mass is 10.2. The Hall–Kier alpha value is -4.12. The number of sulfonamides is 1. The summed E-state index contributed by atoms with van der Waals surface area (Å²) in [5.41, 5.74) is 0.596. The van der Waals surface area contributed by atoms with E-state index >= 15 is 0 Å². The molecule has 3 aromatic rings. The Morgan fingerprint density at radius 3 is 1.89 bits per heavy atom. The predicted octanol–water partition coefficient (Wildman–Crippen LogP) is 3.56. The molecule has 1 N–H and O–H groups in total. The maximum Gasteiger partial charge on any atom is 0.264 e. The molecule has 0 saturated heterocycles. The van der Waals surface area contributed by atoms with Gasteiger partial charge in [0.1, 0.15) is 23.8 Å². The Kier molecular flexibility index (Phi) is 8.49. The number of carbonyl (C=O) groups is 1. The molecule has 0 aliphatic rings. The summed E-state index contributed by atoms with van der Waals surface area (Å²) in [6.07, 6.45) is 0. The van der Waals surface area contributed by atoms with E-state index in [0.29, 0.717) is 28.7 Å². The number of nitrogens with zero attached hydrogens (tertiary/aromatic N) is 1. The number of carbonyl (C=O) groups excluding carboxylic acids is 1. The zero-order valence-corrected chi connectivity index (χ0v) is 21.4. The number of nitrogens with one attached hydrogen (secondary N) is 1. The molecule has 0 unspecified atom stereocenters. The topological polar surface area (TPSA) is 113 Å². The summed E-state index contributed by atoms with van der Waals surface area (Å²) in [6.45, 7) is -0.524. The number of rotatable bonds is 11. The van der Waals surface area contributed by atoms with Gasteiger partial charge in [-0.05, 0) is 48.5 Å². The first-order valence-electron chi connectivity index (χ1n) is 10.7. The molecule has 0 atom stereocenters. The summed E-state index contributed by atoms with van der Waals surface area (Å²) in [5, 5.41) is 2.70. The van der Waals surface area contributed by atoms with Gasteiger partial charge in [0.25, 0.3) is 10.0 Å². The molecule has 0 spiro atoms. The van der Waals surface area contributed by atoms with E-state index in [0.717, 1.165) is 4.31 Å². The summed E-state index contributed by atoms with van der Waals surface area (Å²) in [7, 11) is 3.11. The van der Waals surface area contributed by atoms with Crippen LogP contribution in [0.2, 0.25) is 0 Å². The lowest BCUT2D eigenvalue weighted by molar-refractivity contribution is -0.114. The van der Waals surface area contributed by atoms with Crippen molar-refractivity contribution in [3.05, 3.63) is 60.7 Å². The highest BCUT2D eigenvalue weighted by molar-refractivity contribution is 7.92. The third-order valence-electron chi connectivity index (χ3n) is 5.27. The van der Waals surface area contributed by atoms with Gasteiger partial charge in [-0.25, -0.2) is 8.42 Å². The van der Waals surface area contributed by atoms with Crippen LogP contribution in [0.5, 0.6) is 28.7 Å². The van der Waals surface area contributed by atoms with Crippen LogP contribution in [0.3, 0.4) is 0 Å². The average molecular weight is 517 g/mol. The standard InChI is InChI=1S/C25H28N2O8S/c1-31-18-8-6-17(7-9-18)27(36(29,30)20-11-13-23(34-4)24(15-20)35-5)16-25(28)26-21-14-19(32-2)10-12-22(21)33-3/h6-15H,16H2,1-5H3,(H,26,28). The second-order valence-electron chi connectivity index (χ2n) is 7.34. The van der Waals surface area contributed by atoms with E-state index in [1.807, 2.05) is 0 Å². The fraction of sp³-hybridized carbons (Fsp3) is 0.240. The molecule has 36 heavy (non-hydrogen) atoms. The fourth-order valence-corrected chi connectivity index (χ4v) is 4.84. The van der Waals surface area contributed by atoms with Crippen molar-refractivity contribution in [3.63, 3.8) is 0 Å². The van der Waals surface area contributed by atoms with Crippen LogP contribution in [0.4, 0.5) is 11.4 Å². The summed E-state index contributed by atoms with van der Waals surface area (Å²) in [5.74, 6) is 1.43. The van der Waals surface area contributed by atoms with Crippen LogP contribution in [-0.2, 0) is 14.8 Å². The molecule has 3 rings (SSSR count). The number of hydrogen-bond donors (Lipinski definition) is 1. The summed E-state index contributed by atoms with van der Waals surface area (Å²) in [6, 6.07) is 15.4. The fourth-order valence-electron chi connectivity index (χ4n) is 3.40. The highest BCUT2D eigenvalue weighted by Crippen LogP contribution is 2.33. The van der Waals surface area contributed by atoms with E-state index < -0.39 is 22.5 Å². The van der Waals surface area contributed by atoms with Crippen molar-refractivity contribution in [2.45, 2.75) is 4.90 Å². The Morgan fingerprint density at radius 2 is 1.31 bits per heavy atom. The molecular formula is C25H28N2O8S. The van der Waals surface area contributed by atoms with E-state index in [4.69, 9.17) is 23.7 Å². The lowest BCUT2D eigenvalue weighted by Gasteiger charge is -2.25. The van der Waals surface area contributed by atoms with Crippen LogP contribution in [0.25, 0.3) is 0 Å². The van der Waals surface area contributed by atoms with Gasteiger partial charge >= 0.3 is 0 Å². The molecule has 0 heterocycles. The van der Waals surface area contributed by atoms with Gasteiger partial charge in [-0.15, -0.1) is 0 Å². The molecule has 0 fully saturated rings. The summed E-state index contributed by atoms with van der Waals surface area (Å²) < 4.78 is 54.7. The molecule has 10 nitrogen and oxygen atoms in total. The number of hydrogen-bond acceptors (Lipinski definition) is 8. The van der Waals surface area contributed by atoms with Gasteiger partial charge in [0.2, 0.25) is 5.91 Å². The molecule has 11 heteroatoms. The van der Waals surface area contributed by atoms with Crippen LogP contribution in [0, 0.1) is 0 Å². The van der Waals surface area contributed by atoms with E-state index in [-0.39, 0.29) is 16.3 Å². The highest BCUT2D eigenvalue weighted by atomic mass is 32.2. The number of benzene rings is 3. The normalized spacial score (nSPS) is 10.8. The van der Waals surface area contributed by atoms with E-state index in [1.54, 1.807) is 42.5 Å². The van der Waals surface area contributed by atoms with Gasteiger partial charge in [0.15, 0.2) is 11.5 Å². The quantitative estimate of drug-likeness (QED) is 0.412. The maximum atomic E-state index is 13.7. The Labute approximate surface area is 210 Å². The first-order chi connectivity index (χ1) is 17.3. The Morgan fingerprint density at radius 1 is 0.722 bits per heavy atom. The van der Waals surface area contributed by atoms with Crippen LogP contribution >= 0.6 is 0 Å². The van der Waals surface area contributed by atoms with Crippen molar-refractivity contribution in [2.24, 2.45) is 0 Å². The summed E-state index contributed by atoms with van der Waals surface area (Å²) >= 11 is 0. The van der Waals surface area contributed by atoms with Gasteiger partial charge in [-0.1, -0.05) is 0 Å². The summed E-state index contributed by atoms with van der Waals surface area (Å²) in [4.78, 5) is 13.0. The van der Waals surface area contributed by atoms with E-state index in [9.17, 15) is 13.2 Å². The van der Waals surface area contributed by atoms with Gasteiger partial charge in [0.05, 0.1) is 51.8 Å². The van der Waals surface area contributed by atoms with E-state index in [2.05, 4.69) is 5.32 Å². The minimum atomic E-state index is -4.21. The van der Waals surface area contributed by atoms with Crippen molar-refractivity contribution in [2.75, 3.05) is 51.7 Å². The number of amides is 1. The second kappa shape index (κ2) is 11.5. The second-order valence-corrected chi connectivity index (χ2v) is 9.20. The zero-order valence-electron chi connectivity index (χ0n) is 20.6. The molecule has 0 aliphatic heterocycles. The van der Waals surface area contributed by atoms with Crippen LogP contribution in [0.15, 0.2) is 65.6 Å². The molecule has 3 aromatic carbocycles. The minimum absolute atomic E-state index is 0.0808. The maximum absolute atomic E-state index is 13.7. The molecule has 0 aliphatic carbocycles. The zero-order chi connectivity index (χ0) is 26.3. The molecule has 0 bridgehead atoms. The predicted molar refractivity (Wildman–Crippen MR) is 135 cm³/mol. The number of anilines is 2. The van der Waals surface area contributed by atoms with Crippen molar-refractivity contribution >= 4 is 27.3 Å². The van der Waals surface area contributed by atoms with E-state index in [1.165, 1.54) is 53.7 Å². The monoisotopic (exact) mass is 516 g/mol. The smallest absolute Gasteiger partial charge is 0.264 e. The van der Waals surface area contributed by atoms with Crippen LogP contribution in [0.1, 0.15) is 0 Å². The first kappa shape index (κ1) is 26.5. The Bertz CT molecular complexity index is 1310. The van der Waals surface area contributed by atoms with Gasteiger partial charge in [-0.2, -0.15) is 0 Å². The molecule has 192 valence electrons. The van der Waals surface area contributed by atoms with Crippen molar-refractivity contribution < 1.29 is 36.9 Å². The van der Waals surface area contributed by atoms with Gasteiger partial charge in [-0.3, -0.25) is 9.10 Å². The Balaban J connectivity index is 2.01. The van der Waals surface area contributed by atoms with Crippen LogP contribution < -0.4 is 33.3 Å². The third-order valence-corrected chi connectivity index (χ3v) is 7.04. The molecule has 0 saturated carbocycles. The minimum Gasteiger partial charge on any atom is -0.497 e. The largest absolute Gasteiger partial charge is 0.497 e. The van der Waals surface area contributed by atoms with Crippen molar-refractivity contribution in [3.8, 4) is 28.7 Å². The molecule has 0 aromatic heterocycles. The lowest BCUT2D eigenvalue weighted by Crippen LogP contribution is -2.38. The molecular weight excluding hydrogens is 488 g/mol. The third kappa shape index (κ3) is 5.74. The number of ether oxygens (including phenoxy) is 5. The highest BCUT2D eigenvalue weighted by Gasteiger charge is 2.29. The SMILES string of the molecule is COc1ccc(N(CC(=O)Nc2cc(OC)ccc2OC)S(=O)(=O)c2ccc(OC)c(OC)c2)cc1. The van der Waals surface area contributed by atoms with Crippen molar-refractivity contribution in [1.29, 1.82) is 0 Å². The van der Waals surface area contributed by atoms with Crippen molar-refractivity contribution in [1.82, 2.24) is 0 Å². The molecule has 1 amide bonds. The average Bonchev–Trinajstić information content (AvgIpc) is 2.91. The van der Waals surface area contributed by atoms with Gasteiger partial charge in [0, 0.05) is 12.1 Å². The van der Waals surface area contributed by atoms with Crippen LogP contribution in [-0.4, -0.2) is 56.4 Å². The first-order valence-corrected chi connectivity index (χ1v) is 12.1. The number of methoxy groups -OCH3 is 5.